The van der Waals surface area contributed by atoms with Gasteiger partial charge in [0, 0.05) is 49.4 Å². The molecule has 0 aliphatic carbocycles. The minimum absolute atomic E-state index is 0.0229. The van der Waals surface area contributed by atoms with Gasteiger partial charge in [-0.2, -0.15) is 0 Å². The summed E-state index contributed by atoms with van der Waals surface area (Å²) in [6.07, 6.45) is 1.67. The van der Waals surface area contributed by atoms with E-state index in [1.807, 2.05) is 30.0 Å². The second kappa shape index (κ2) is 9.10. The zero-order valence-corrected chi connectivity index (χ0v) is 19.1. The van der Waals surface area contributed by atoms with Crippen LogP contribution in [0.15, 0.2) is 48.5 Å². The lowest BCUT2D eigenvalue weighted by atomic mass is 10.0. The molecule has 3 heterocycles. The zero-order valence-electron chi connectivity index (χ0n) is 19.1. The Morgan fingerprint density at radius 1 is 0.939 bits per heavy atom. The van der Waals surface area contributed by atoms with Crippen molar-refractivity contribution < 1.29 is 14.3 Å². The highest BCUT2D eigenvalue weighted by atomic mass is 16.7. The van der Waals surface area contributed by atoms with Crippen LogP contribution in [0, 0.1) is 13.8 Å². The van der Waals surface area contributed by atoms with Gasteiger partial charge >= 0.3 is 0 Å². The van der Waals surface area contributed by atoms with E-state index in [2.05, 4.69) is 41.1 Å². The SMILES string of the molecule is Cc1nc(C)c(Cc2ccccc2)c(N2CCCN(C(=O)c3ccc4c(c3)OCO4)CC2)n1. The summed E-state index contributed by atoms with van der Waals surface area (Å²) in [5.41, 5.74) is 4.04. The summed E-state index contributed by atoms with van der Waals surface area (Å²) in [5, 5.41) is 0. The van der Waals surface area contributed by atoms with Crippen molar-refractivity contribution in [2.24, 2.45) is 0 Å². The summed E-state index contributed by atoms with van der Waals surface area (Å²) >= 11 is 0. The summed E-state index contributed by atoms with van der Waals surface area (Å²) in [4.78, 5) is 26.9. The molecule has 3 aromatic rings. The number of amides is 1. The van der Waals surface area contributed by atoms with E-state index in [0.29, 0.717) is 30.2 Å². The lowest BCUT2D eigenvalue weighted by Gasteiger charge is -2.26. The molecule has 2 aromatic carbocycles. The number of fused-ring (bicyclic) bond motifs is 1. The number of carbonyl (C=O) groups excluding carboxylic acids is 1. The second-order valence-corrected chi connectivity index (χ2v) is 8.52. The first kappa shape index (κ1) is 21.2. The molecule has 1 amide bonds. The van der Waals surface area contributed by atoms with E-state index in [1.54, 1.807) is 6.07 Å². The van der Waals surface area contributed by atoms with Gasteiger partial charge in [-0.3, -0.25) is 4.79 Å². The van der Waals surface area contributed by atoms with Gasteiger partial charge in [0.2, 0.25) is 6.79 Å². The predicted octanol–water partition coefficient (Wildman–Crippen LogP) is 3.77. The van der Waals surface area contributed by atoms with Crippen LogP contribution in [-0.2, 0) is 6.42 Å². The Morgan fingerprint density at radius 3 is 2.61 bits per heavy atom. The Balaban J connectivity index is 1.35. The Hall–Kier alpha value is -3.61. The fraction of sp³-hybridized carbons (Fsp3) is 0.346. The van der Waals surface area contributed by atoms with E-state index in [-0.39, 0.29) is 12.7 Å². The molecule has 0 radical (unpaired) electrons. The zero-order chi connectivity index (χ0) is 22.8. The molecular weight excluding hydrogens is 416 g/mol. The van der Waals surface area contributed by atoms with Gasteiger partial charge in [-0.05, 0) is 44.0 Å². The van der Waals surface area contributed by atoms with E-state index in [1.165, 1.54) is 5.56 Å². The van der Waals surface area contributed by atoms with Crippen LogP contribution in [0.5, 0.6) is 11.5 Å². The summed E-state index contributed by atoms with van der Waals surface area (Å²) in [6.45, 7) is 7.13. The topological polar surface area (TPSA) is 67.8 Å². The quantitative estimate of drug-likeness (QED) is 0.610. The van der Waals surface area contributed by atoms with Crippen molar-refractivity contribution >= 4 is 11.7 Å². The Labute approximate surface area is 194 Å². The average Bonchev–Trinajstić information content (AvgIpc) is 3.16. The highest BCUT2D eigenvalue weighted by Gasteiger charge is 2.25. The number of aryl methyl sites for hydroxylation is 2. The number of ether oxygens (including phenoxy) is 2. The van der Waals surface area contributed by atoms with Crippen LogP contribution < -0.4 is 14.4 Å². The molecular formula is C26H28N4O3. The van der Waals surface area contributed by atoms with Gasteiger partial charge in [0.25, 0.3) is 5.91 Å². The van der Waals surface area contributed by atoms with Crippen LogP contribution >= 0.6 is 0 Å². The molecule has 0 atom stereocenters. The normalized spacial score (nSPS) is 15.5. The molecule has 0 bridgehead atoms. The number of hydrogen-bond acceptors (Lipinski definition) is 6. The van der Waals surface area contributed by atoms with Crippen LogP contribution in [0.25, 0.3) is 0 Å². The number of aromatic nitrogens is 2. The number of hydrogen-bond donors (Lipinski definition) is 0. The fourth-order valence-corrected chi connectivity index (χ4v) is 4.53. The van der Waals surface area contributed by atoms with Crippen molar-refractivity contribution in [3.63, 3.8) is 0 Å². The molecule has 5 rings (SSSR count). The molecule has 1 aromatic heterocycles. The minimum Gasteiger partial charge on any atom is -0.454 e. The second-order valence-electron chi connectivity index (χ2n) is 8.52. The smallest absolute Gasteiger partial charge is 0.254 e. The molecule has 33 heavy (non-hydrogen) atoms. The molecule has 1 fully saturated rings. The van der Waals surface area contributed by atoms with Crippen LogP contribution in [0.3, 0.4) is 0 Å². The van der Waals surface area contributed by atoms with Gasteiger partial charge < -0.3 is 19.3 Å². The first-order valence-corrected chi connectivity index (χ1v) is 11.4. The molecule has 0 N–H and O–H groups in total. The first-order chi connectivity index (χ1) is 16.1. The Bertz CT molecular complexity index is 1170. The monoisotopic (exact) mass is 444 g/mol. The third-order valence-electron chi connectivity index (χ3n) is 6.23. The molecule has 0 saturated carbocycles. The number of carbonyl (C=O) groups is 1. The summed E-state index contributed by atoms with van der Waals surface area (Å²) in [5.74, 6) is 3.11. The minimum atomic E-state index is 0.0229. The van der Waals surface area contributed by atoms with Crippen LogP contribution in [-0.4, -0.2) is 53.7 Å². The standard InChI is InChI=1S/C26H28N4O3/c1-18-22(15-20-7-4-3-5-8-20)25(28-19(2)27-18)29-11-6-12-30(14-13-29)26(31)21-9-10-23-24(16-21)33-17-32-23/h3-5,7-10,16H,6,11-15,17H2,1-2H3. The molecule has 2 aliphatic heterocycles. The number of nitrogens with zero attached hydrogens (tertiary/aromatic N) is 4. The largest absolute Gasteiger partial charge is 0.454 e. The summed E-state index contributed by atoms with van der Waals surface area (Å²) < 4.78 is 10.8. The highest BCUT2D eigenvalue weighted by molar-refractivity contribution is 5.95. The third kappa shape index (κ3) is 4.49. The maximum Gasteiger partial charge on any atom is 0.254 e. The van der Waals surface area contributed by atoms with Crippen LogP contribution in [0.1, 0.15) is 39.4 Å². The Morgan fingerprint density at radius 2 is 1.76 bits per heavy atom. The van der Waals surface area contributed by atoms with E-state index in [9.17, 15) is 4.79 Å². The molecule has 2 aliphatic rings. The lowest BCUT2D eigenvalue weighted by molar-refractivity contribution is 0.0766. The summed E-state index contributed by atoms with van der Waals surface area (Å²) in [7, 11) is 0. The van der Waals surface area contributed by atoms with Crippen LogP contribution in [0.2, 0.25) is 0 Å². The van der Waals surface area contributed by atoms with Gasteiger partial charge in [0.15, 0.2) is 11.5 Å². The molecule has 7 heteroatoms. The van der Waals surface area contributed by atoms with Gasteiger partial charge in [-0.25, -0.2) is 9.97 Å². The molecule has 1 saturated heterocycles. The average molecular weight is 445 g/mol. The van der Waals surface area contributed by atoms with Gasteiger partial charge in [0.1, 0.15) is 11.6 Å². The molecule has 0 spiro atoms. The van der Waals surface area contributed by atoms with Crippen LogP contribution in [0.4, 0.5) is 5.82 Å². The molecule has 0 unspecified atom stereocenters. The molecule has 170 valence electrons. The van der Waals surface area contributed by atoms with Gasteiger partial charge in [-0.15, -0.1) is 0 Å². The van der Waals surface area contributed by atoms with Crippen molar-refractivity contribution in [1.29, 1.82) is 0 Å². The van der Waals surface area contributed by atoms with Crippen molar-refractivity contribution in [3.05, 3.63) is 76.7 Å². The number of rotatable bonds is 4. The fourth-order valence-electron chi connectivity index (χ4n) is 4.53. The van der Waals surface area contributed by atoms with Gasteiger partial charge in [0.05, 0.1) is 0 Å². The van der Waals surface area contributed by atoms with E-state index in [0.717, 1.165) is 48.8 Å². The first-order valence-electron chi connectivity index (χ1n) is 11.4. The van der Waals surface area contributed by atoms with Crippen molar-refractivity contribution in [1.82, 2.24) is 14.9 Å². The predicted molar refractivity (Wildman–Crippen MR) is 126 cm³/mol. The van der Waals surface area contributed by atoms with Crippen molar-refractivity contribution in [2.75, 3.05) is 37.9 Å². The summed E-state index contributed by atoms with van der Waals surface area (Å²) in [6, 6.07) is 15.8. The maximum atomic E-state index is 13.2. The van der Waals surface area contributed by atoms with Crippen molar-refractivity contribution in [3.8, 4) is 11.5 Å². The van der Waals surface area contributed by atoms with E-state index >= 15 is 0 Å². The number of benzene rings is 2. The lowest BCUT2D eigenvalue weighted by Crippen LogP contribution is -2.35. The van der Waals surface area contributed by atoms with E-state index in [4.69, 9.17) is 14.5 Å². The molecule has 7 nitrogen and oxygen atoms in total. The van der Waals surface area contributed by atoms with Gasteiger partial charge in [-0.1, -0.05) is 30.3 Å². The van der Waals surface area contributed by atoms with Crippen molar-refractivity contribution in [2.45, 2.75) is 26.7 Å². The maximum absolute atomic E-state index is 13.2. The Kier molecular flexibility index (Phi) is 5.86. The third-order valence-corrected chi connectivity index (χ3v) is 6.23. The highest BCUT2D eigenvalue weighted by Crippen LogP contribution is 2.33. The number of anilines is 1. The van der Waals surface area contributed by atoms with E-state index < -0.39 is 0 Å².